The van der Waals surface area contributed by atoms with Crippen LogP contribution in [0.1, 0.15) is 39.0 Å². The molecule has 1 unspecified atom stereocenters. The second-order valence-electron chi connectivity index (χ2n) is 7.28. The highest BCUT2D eigenvalue weighted by Crippen LogP contribution is 2.50. The van der Waals surface area contributed by atoms with E-state index in [1.54, 1.807) is 13.8 Å². The van der Waals surface area contributed by atoms with Gasteiger partial charge in [0.25, 0.3) is 11.5 Å². The summed E-state index contributed by atoms with van der Waals surface area (Å²) in [4.78, 5) is 27.9. The molecule has 0 fully saturated rings. The molecule has 2 aromatic carbocycles. The van der Waals surface area contributed by atoms with Crippen LogP contribution < -0.4 is 5.32 Å². The Kier molecular flexibility index (Phi) is 6.44. The lowest BCUT2D eigenvalue weighted by atomic mass is 9.85. The minimum Gasteiger partial charge on any atom is -0.480 e. The maximum absolute atomic E-state index is 14.2. The van der Waals surface area contributed by atoms with Gasteiger partial charge in [-0.15, -0.1) is 0 Å². The van der Waals surface area contributed by atoms with E-state index in [0.29, 0.717) is 16.7 Å². The van der Waals surface area contributed by atoms with Crippen LogP contribution in [0.3, 0.4) is 0 Å². The molecule has 11 heteroatoms. The van der Waals surface area contributed by atoms with E-state index in [1.807, 2.05) is 0 Å². The lowest BCUT2D eigenvalue weighted by molar-refractivity contribution is -0.275. The van der Waals surface area contributed by atoms with Crippen LogP contribution in [0.15, 0.2) is 35.5 Å². The standard InChI is InChI=1S/C21H17Cl2F3N2O4/c1-10-11(2)16(19(31)27-9-18(29)30)4-3-15(10)17-8-20(32-28-17,21(24,25)26)12-5-13(22)7-14(23)6-12/h3-7H,8-9H2,1-2H3,(H,27,31)(H,29,30). The molecule has 2 N–H and O–H groups in total. The summed E-state index contributed by atoms with van der Waals surface area (Å²) < 4.78 is 42.5. The Labute approximate surface area is 191 Å². The third-order valence-corrected chi connectivity index (χ3v) is 5.69. The van der Waals surface area contributed by atoms with Crippen LogP contribution in [0.2, 0.25) is 10.0 Å². The van der Waals surface area contributed by atoms with Crippen molar-refractivity contribution >= 4 is 40.8 Å². The Balaban J connectivity index is 1.97. The van der Waals surface area contributed by atoms with Gasteiger partial charge in [-0.3, -0.25) is 9.59 Å². The maximum Gasteiger partial charge on any atom is 0.435 e. The first-order valence-corrected chi connectivity index (χ1v) is 10.00. The van der Waals surface area contributed by atoms with Gasteiger partial charge in [-0.1, -0.05) is 34.4 Å². The summed E-state index contributed by atoms with van der Waals surface area (Å²) in [6.07, 6.45) is -5.45. The molecule has 2 aromatic rings. The number of hydrogen-bond donors (Lipinski definition) is 2. The molecule has 1 aliphatic heterocycles. The molecule has 0 saturated heterocycles. The van der Waals surface area contributed by atoms with Crippen molar-refractivity contribution < 1.29 is 32.7 Å². The molecule has 0 saturated carbocycles. The number of carboxylic acids is 1. The van der Waals surface area contributed by atoms with Gasteiger partial charge in [0, 0.05) is 33.2 Å². The molecular weight excluding hydrogens is 472 g/mol. The number of rotatable bonds is 5. The Morgan fingerprint density at radius 3 is 2.34 bits per heavy atom. The zero-order chi connectivity index (χ0) is 23.8. The van der Waals surface area contributed by atoms with Crippen molar-refractivity contribution in [1.29, 1.82) is 0 Å². The van der Waals surface area contributed by atoms with Gasteiger partial charge < -0.3 is 15.3 Å². The van der Waals surface area contributed by atoms with Crippen molar-refractivity contribution in [2.24, 2.45) is 5.16 Å². The fourth-order valence-corrected chi connectivity index (χ4v) is 3.99. The summed E-state index contributed by atoms with van der Waals surface area (Å²) in [6.45, 7) is 2.68. The zero-order valence-corrected chi connectivity index (χ0v) is 18.3. The van der Waals surface area contributed by atoms with E-state index in [9.17, 15) is 22.8 Å². The number of nitrogens with zero attached hydrogens (tertiary/aromatic N) is 1. The number of alkyl halides is 3. The van der Waals surface area contributed by atoms with E-state index in [1.165, 1.54) is 18.2 Å². The van der Waals surface area contributed by atoms with Crippen LogP contribution >= 0.6 is 23.2 Å². The third-order valence-electron chi connectivity index (χ3n) is 5.26. The molecule has 32 heavy (non-hydrogen) atoms. The van der Waals surface area contributed by atoms with Gasteiger partial charge in [0.2, 0.25) is 0 Å². The highest BCUT2D eigenvalue weighted by Gasteiger charge is 2.62. The van der Waals surface area contributed by atoms with Crippen molar-refractivity contribution in [3.05, 3.63) is 68.2 Å². The van der Waals surface area contributed by atoms with Gasteiger partial charge in [0.1, 0.15) is 6.54 Å². The highest BCUT2D eigenvalue weighted by atomic mass is 35.5. The minimum absolute atomic E-state index is 0.0249. The first-order chi connectivity index (χ1) is 14.9. The van der Waals surface area contributed by atoms with Crippen molar-refractivity contribution in [3.63, 3.8) is 0 Å². The minimum atomic E-state index is -4.83. The molecule has 0 radical (unpaired) electrons. The fourth-order valence-electron chi connectivity index (χ4n) is 3.47. The SMILES string of the molecule is Cc1c(C(=O)NCC(=O)O)ccc(C2=NOC(c3cc(Cl)cc(Cl)c3)(C(F)(F)F)C2)c1C. The van der Waals surface area contributed by atoms with Crippen molar-refractivity contribution in [2.75, 3.05) is 6.54 Å². The van der Waals surface area contributed by atoms with Gasteiger partial charge in [-0.2, -0.15) is 13.2 Å². The normalized spacial score (nSPS) is 18.2. The number of hydrogen-bond acceptors (Lipinski definition) is 4. The molecular formula is C21H17Cl2F3N2O4. The molecule has 0 bridgehead atoms. The summed E-state index contributed by atoms with van der Waals surface area (Å²) in [5.74, 6) is -1.81. The van der Waals surface area contributed by atoms with E-state index in [2.05, 4.69) is 10.5 Å². The van der Waals surface area contributed by atoms with E-state index in [0.717, 1.165) is 12.1 Å². The maximum atomic E-state index is 14.2. The van der Waals surface area contributed by atoms with Crippen LogP contribution in [0, 0.1) is 13.8 Å². The smallest absolute Gasteiger partial charge is 0.435 e. The molecule has 170 valence electrons. The number of carbonyl (C=O) groups is 2. The van der Waals surface area contributed by atoms with E-state index in [4.69, 9.17) is 33.1 Å². The Morgan fingerprint density at radius 2 is 1.78 bits per heavy atom. The number of nitrogens with one attached hydrogen (secondary N) is 1. The molecule has 0 aromatic heterocycles. The molecule has 1 amide bonds. The summed E-state index contributed by atoms with van der Waals surface area (Å²) in [5.41, 5.74) is -1.45. The molecule has 1 aliphatic rings. The third kappa shape index (κ3) is 4.40. The molecule has 1 atom stereocenters. The fraction of sp³-hybridized carbons (Fsp3) is 0.286. The number of carbonyl (C=O) groups excluding carboxylic acids is 1. The summed E-state index contributed by atoms with van der Waals surface area (Å²) in [7, 11) is 0. The molecule has 0 spiro atoms. The number of halogens is 5. The van der Waals surface area contributed by atoms with Crippen molar-refractivity contribution in [3.8, 4) is 0 Å². The van der Waals surface area contributed by atoms with Crippen LogP contribution in [0.5, 0.6) is 0 Å². The second-order valence-corrected chi connectivity index (χ2v) is 8.15. The van der Waals surface area contributed by atoms with E-state index in [-0.39, 0.29) is 26.9 Å². The first-order valence-electron chi connectivity index (χ1n) is 9.24. The Bertz CT molecular complexity index is 1110. The van der Waals surface area contributed by atoms with Crippen LogP contribution in [-0.2, 0) is 15.2 Å². The first kappa shape index (κ1) is 23.9. The number of aliphatic carboxylic acids is 1. The van der Waals surface area contributed by atoms with Crippen LogP contribution in [0.25, 0.3) is 0 Å². The van der Waals surface area contributed by atoms with Crippen molar-refractivity contribution in [2.45, 2.75) is 32.0 Å². The average molecular weight is 489 g/mol. The van der Waals surface area contributed by atoms with Crippen molar-refractivity contribution in [1.82, 2.24) is 5.32 Å². The lowest BCUT2D eigenvalue weighted by Gasteiger charge is -2.29. The monoisotopic (exact) mass is 488 g/mol. The Hall–Kier alpha value is -2.78. The summed E-state index contributed by atoms with van der Waals surface area (Å²) in [6, 6.07) is 6.44. The van der Waals surface area contributed by atoms with Crippen LogP contribution in [-0.4, -0.2) is 35.4 Å². The quantitative estimate of drug-likeness (QED) is 0.619. The Morgan fingerprint density at radius 1 is 1.16 bits per heavy atom. The molecule has 3 rings (SSSR count). The lowest BCUT2D eigenvalue weighted by Crippen LogP contribution is -2.42. The molecule has 1 heterocycles. The largest absolute Gasteiger partial charge is 0.480 e. The van der Waals surface area contributed by atoms with Gasteiger partial charge >= 0.3 is 12.1 Å². The topological polar surface area (TPSA) is 88.0 Å². The number of benzene rings is 2. The van der Waals surface area contributed by atoms with E-state index < -0.39 is 36.6 Å². The average Bonchev–Trinajstić information content (AvgIpc) is 3.14. The van der Waals surface area contributed by atoms with Gasteiger partial charge in [-0.25, -0.2) is 0 Å². The van der Waals surface area contributed by atoms with Gasteiger partial charge in [0.05, 0.1) is 5.71 Å². The van der Waals surface area contributed by atoms with E-state index >= 15 is 0 Å². The zero-order valence-electron chi connectivity index (χ0n) is 16.8. The molecule has 0 aliphatic carbocycles. The van der Waals surface area contributed by atoms with Gasteiger partial charge in [-0.05, 0) is 49.2 Å². The molecule has 6 nitrogen and oxygen atoms in total. The number of carboxylic acid groups (broad SMARTS) is 1. The highest BCUT2D eigenvalue weighted by molar-refractivity contribution is 6.34. The van der Waals surface area contributed by atoms with Gasteiger partial charge in [0.15, 0.2) is 0 Å². The second kappa shape index (κ2) is 8.63. The summed E-state index contributed by atoms with van der Waals surface area (Å²) >= 11 is 11.8. The predicted octanol–water partition coefficient (Wildman–Crippen LogP) is 5.01. The van der Waals surface area contributed by atoms with Crippen LogP contribution in [0.4, 0.5) is 13.2 Å². The predicted molar refractivity (Wildman–Crippen MR) is 112 cm³/mol. The summed E-state index contributed by atoms with van der Waals surface area (Å²) in [5, 5.41) is 14.7. The number of oxime groups is 1. The number of amides is 1.